The summed E-state index contributed by atoms with van der Waals surface area (Å²) in [5.74, 6) is 0.562. The molecule has 0 fully saturated rings. The SMILES string of the molecule is CCNCC(C)(C)CCS(=O)(=O)CC. The van der Waals surface area contributed by atoms with Crippen molar-refractivity contribution >= 4 is 9.84 Å². The lowest BCUT2D eigenvalue weighted by atomic mass is 9.90. The Morgan fingerprint density at radius 3 is 2.21 bits per heavy atom. The van der Waals surface area contributed by atoms with Crippen molar-refractivity contribution in [2.45, 2.75) is 34.1 Å². The van der Waals surface area contributed by atoms with Crippen molar-refractivity contribution in [3.8, 4) is 0 Å². The average Bonchev–Trinajstić information content (AvgIpc) is 2.12. The summed E-state index contributed by atoms with van der Waals surface area (Å²) in [5.41, 5.74) is 0.0677. The van der Waals surface area contributed by atoms with Gasteiger partial charge in [-0.15, -0.1) is 0 Å². The van der Waals surface area contributed by atoms with Gasteiger partial charge in [0.15, 0.2) is 0 Å². The van der Waals surface area contributed by atoms with Crippen LogP contribution in [0, 0.1) is 5.41 Å². The van der Waals surface area contributed by atoms with E-state index in [1.54, 1.807) is 6.92 Å². The van der Waals surface area contributed by atoms with Gasteiger partial charge in [-0.25, -0.2) is 8.42 Å². The third-order valence-corrected chi connectivity index (χ3v) is 4.09. The predicted molar refractivity (Wildman–Crippen MR) is 61.3 cm³/mol. The first-order chi connectivity index (χ1) is 6.33. The van der Waals surface area contributed by atoms with Crippen molar-refractivity contribution in [2.24, 2.45) is 5.41 Å². The molecule has 0 aromatic carbocycles. The Hall–Kier alpha value is -0.0900. The van der Waals surface area contributed by atoms with Crippen LogP contribution in [0.3, 0.4) is 0 Å². The van der Waals surface area contributed by atoms with Crippen LogP contribution in [-0.2, 0) is 9.84 Å². The van der Waals surface area contributed by atoms with E-state index in [0.717, 1.165) is 19.5 Å². The second-order valence-electron chi connectivity index (χ2n) is 4.43. The monoisotopic (exact) mass is 221 g/mol. The Labute approximate surface area is 88.2 Å². The first-order valence-electron chi connectivity index (χ1n) is 5.24. The summed E-state index contributed by atoms with van der Waals surface area (Å²) in [6.45, 7) is 9.76. The summed E-state index contributed by atoms with van der Waals surface area (Å²) in [7, 11) is -2.81. The lowest BCUT2D eigenvalue weighted by Gasteiger charge is -2.24. The van der Waals surface area contributed by atoms with Crippen molar-refractivity contribution < 1.29 is 8.42 Å². The minimum atomic E-state index is -2.81. The van der Waals surface area contributed by atoms with Crippen molar-refractivity contribution in [1.29, 1.82) is 0 Å². The largest absolute Gasteiger partial charge is 0.316 e. The number of sulfone groups is 1. The van der Waals surface area contributed by atoms with Crippen LogP contribution in [0.4, 0.5) is 0 Å². The van der Waals surface area contributed by atoms with Gasteiger partial charge < -0.3 is 5.32 Å². The van der Waals surface area contributed by atoms with E-state index in [2.05, 4.69) is 26.1 Å². The van der Waals surface area contributed by atoms with Gasteiger partial charge in [0.1, 0.15) is 9.84 Å². The van der Waals surface area contributed by atoms with Gasteiger partial charge >= 0.3 is 0 Å². The molecule has 0 aromatic heterocycles. The quantitative estimate of drug-likeness (QED) is 0.708. The van der Waals surface area contributed by atoms with Crippen molar-refractivity contribution in [2.75, 3.05) is 24.6 Å². The maximum absolute atomic E-state index is 11.3. The molecule has 0 saturated carbocycles. The molecule has 0 spiro atoms. The third kappa shape index (κ3) is 6.38. The van der Waals surface area contributed by atoms with E-state index in [9.17, 15) is 8.42 Å². The minimum absolute atomic E-state index is 0.0677. The first kappa shape index (κ1) is 13.9. The molecule has 3 nitrogen and oxygen atoms in total. The minimum Gasteiger partial charge on any atom is -0.316 e. The van der Waals surface area contributed by atoms with Crippen molar-refractivity contribution in [3.63, 3.8) is 0 Å². The molecule has 4 heteroatoms. The van der Waals surface area contributed by atoms with Crippen LogP contribution in [-0.4, -0.2) is 33.0 Å². The maximum Gasteiger partial charge on any atom is 0.150 e. The van der Waals surface area contributed by atoms with Gasteiger partial charge in [-0.1, -0.05) is 27.7 Å². The second-order valence-corrected chi connectivity index (χ2v) is 6.90. The lowest BCUT2D eigenvalue weighted by Crippen LogP contribution is -2.31. The van der Waals surface area contributed by atoms with E-state index in [0.29, 0.717) is 5.75 Å². The topological polar surface area (TPSA) is 46.2 Å². The highest BCUT2D eigenvalue weighted by molar-refractivity contribution is 7.91. The van der Waals surface area contributed by atoms with Gasteiger partial charge in [-0.3, -0.25) is 0 Å². The molecule has 0 unspecified atom stereocenters. The Bertz CT molecular complexity index is 245. The summed E-state index contributed by atoms with van der Waals surface area (Å²) in [6.07, 6.45) is 0.732. The lowest BCUT2D eigenvalue weighted by molar-refractivity contribution is 0.332. The number of rotatable bonds is 7. The standard InChI is InChI=1S/C10H23NO2S/c1-5-11-9-10(3,4)7-8-14(12,13)6-2/h11H,5-9H2,1-4H3. The van der Waals surface area contributed by atoms with Crippen molar-refractivity contribution in [3.05, 3.63) is 0 Å². The molecule has 14 heavy (non-hydrogen) atoms. The van der Waals surface area contributed by atoms with Crippen LogP contribution in [0.25, 0.3) is 0 Å². The Morgan fingerprint density at radius 1 is 1.21 bits per heavy atom. The maximum atomic E-state index is 11.3. The third-order valence-electron chi connectivity index (χ3n) is 2.38. The molecule has 86 valence electrons. The summed E-state index contributed by atoms with van der Waals surface area (Å²) >= 11 is 0. The van der Waals surface area contributed by atoms with E-state index in [1.165, 1.54) is 0 Å². The van der Waals surface area contributed by atoms with Crippen LogP contribution in [0.5, 0.6) is 0 Å². The van der Waals surface area contributed by atoms with Gasteiger partial charge in [-0.2, -0.15) is 0 Å². The smallest absolute Gasteiger partial charge is 0.150 e. The summed E-state index contributed by atoms with van der Waals surface area (Å²) in [4.78, 5) is 0. The molecule has 0 atom stereocenters. The highest BCUT2D eigenvalue weighted by Crippen LogP contribution is 2.19. The number of hydrogen-bond donors (Lipinski definition) is 1. The molecule has 0 saturated heterocycles. The highest BCUT2D eigenvalue weighted by Gasteiger charge is 2.20. The van der Waals surface area contributed by atoms with E-state index >= 15 is 0 Å². The highest BCUT2D eigenvalue weighted by atomic mass is 32.2. The molecule has 0 rings (SSSR count). The summed E-state index contributed by atoms with van der Waals surface area (Å²) in [5, 5.41) is 3.25. The molecule has 0 aromatic rings. The van der Waals surface area contributed by atoms with Gasteiger partial charge in [0.2, 0.25) is 0 Å². The molecule has 0 bridgehead atoms. The van der Waals surface area contributed by atoms with E-state index in [4.69, 9.17) is 0 Å². The molecule has 0 heterocycles. The molecule has 1 N–H and O–H groups in total. The molecular formula is C10H23NO2S. The van der Waals surface area contributed by atoms with Gasteiger partial charge in [-0.05, 0) is 18.4 Å². The van der Waals surface area contributed by atoms with E-state index in [-0.39, 0.29) is 11.2 Å². The number of hydrogen-bond acceptors (Lipinski definition) is 3. The molecular weight excluding hydrogens is 198 g/mol. The van der Waals surface area contributed by atoms with Crippen LogP contribution in [0.2, 0.25) is 0 Å². The Kier molecular flexibility index (Phi) is 5.67. The predicted octanol–water partition coefficient (Wildman–Crippen LogP) is 1.45. The van der Waals surface area contributed by atoms with Crippen molar-refractivity contribution in [1.82, 2.24) is 5.32 Å². The molecule has 0 radical (unpaired) electrons. The second kappa shape index (κ2) is 5.71. The molecule has 0 aliphatic rings. The zero-order valence-electron chi connectivity index (χ0n) is 9.76. The van der Waals surface area contributed by atoms with Gasteiger partial charge in [0.25, 0.3) is 0 Å². The molecule has 0 aliphatic carbocycles. The Balaban J connectivity index is 3.98. The summed E-state index contributed by atoms with van der Waals surface area (Å²) < 4.78 is 22.6. The zero-order valence-corrected chi connectivity index (χ0v) is 10.6. The van der Waals surface area contributed by atoms with Crippen LogP contribution < -0.4 is 5.32 Å². The summed E-state index contributed by atoms with van der Waals surface area (Å²) in [6, 6.07) is 0. The molecule has 0 aliphatic heterocycles. The first-order valence-corrected chi connectivity index (χ1v) is 7.06. The molecule has 0 amide bonds. The van der Waals surface area contributed by atoms with Crippen LogP contribution in [0.15, 0.2) is 0 Å². The van der Waals surface area contributed by atoms with E-state index in [1.807, 2.05) is 0 Å². The van der Waals surface area contributed by atoms with Gasteiger partial charge in [0, 0.05) is 12.3 Å². The fourth-order valence-corrected chi connectivity index (χ4v) is 2.28. The van der Waals surface area contributed by atoms with E-state index < -0.39 is 9.84 Å². The Morgan fingerprint density at radius 2 is 1.79 bits per heavy atom. The normalized spacial score (nSPS) is 13.1. The fourth-order valence-electron chi connectivity index (χ4n) is 1.13. The fraction of sp³-hybridized carbons (Fsp3) is 1.00. The van der Waals surface area contributed by atoms with Crippen LogP contribution >= 0.6 is 0 Å². The van der Waals surface area contributed by atoms with Gasteiger partial charge in [0.05, 0.1) is 5.75 Å². The average molecular weight is 221 g/mol. The zero-order chi connectivity index (χ0) is 11.2. The number of nitrogens with one attached hydrogen (secondary N) is 1. The van der Waals surface area contributed by atoms with Crippen LogP contribution in [0.1, 0.15) is 34.1 Å².